The molecule has 72 valence electrons. The Morgan fingerprint density at radius 3 is 3.00 bits per heavy atom. The van der Waals surface area contributed by atoms with E-state index in [2.05, 4.69) is 4.90 Å². The van der Waals surface area contributed by atoms with E-state index in [1.807, 2.05) is 6.92 Å². The fraction of sp³-hybridized carbons (Fsp3) is 1.00. The molecule has 1 saturated heterocycles. The van der Waals surface area contributed by atoms with Gasteiger partial charge in [0.15, 0.2) is 0 Å². The van der Waals surface area contributed by atoms with Crippen molar-refractivity contribution in [2.45, 2.75) is 13.3 Å². The molecule has 0 bridgehead atoms. The van der Waals surface area contributed by atoms with Crippen LogP contribution in [0.4, 0.5) is 0 Å². The predicted octanol–water partition coefficient (Wildman–Crippen LogP) is 0.337. The van der Waals surface area contributed by atoms with Gasteiger partial charge in [-0.05, 0) is 25.8 Å². The number of nitrogens with zero attached hydrogens (tertiary/aromatic N) is 1. The van der Waals surface area contributed by atoms with Crippen LogP contribution < -0.4 is 0 Å². The van der Waals surface area contributed by atoms with Gasteiger partial charge < -0.3 is 14.7 Å². The third kappa shape index (κ3) is 3.09. The van der Waals surface area contributed by atoms with E-state index in [4.69, 9.17) is 9.84 Å². The SMILES string of the molecule is CCOCCN1CCC(CO)C1. The third-order valence-electron chi connectivity index (χ3n) is 2.38. The lowest BCUT2D eigenvalue weighted by atomic mass is 10.1. The summed E-state index contributed by atoms with van der Waals surface area (Å²) in [6.07, 6.45) is 1.14. The Morgan fingerprint density at radius 1 is 1.58 bits per heavy atom. The molecule has 0 aromatic carbocycles. The molecule has 1 N–H and O–H groups in total. The van der Waals surface area contributed by atoms with Gasteiger partial charge in [-0.2, -0.15) is 0 Å². The van der Waals surface area contributed by atoms with Gasteiger partial charge in [0.1, 0.15) is 0 Å². The van der Waals surface area contributed by atoms with Gasteiger partial charge in [0.25, 0.3) is 0 Å². The zero-order valence-electron chi connectivity index (χ0n) is 7.83. The smallest absolute Gasteiger partial charge is 0.0593 e. The first kappa shape index (κ1) is 9.96. The highest BCUT2D eigenvalue weighted by Gasteiger charge is 2.20. The zero-order valence-corrected chi connectivity index (χ0v) is 7.83. The van der Waals surface area contributed by atoms with Gasteiger partial charge in [-0.15, -0.1) is 0 Å². The van der Waals surface area contributed by atoms with E-state index < -0.39 is 0 Å². The van der Waals surface area contributed by atoms with Crippen molar-refractivity contribution in [3.05, 3.63) is 0 Å². The summed E-state index contributed by atoms with van der Waals surface area (Å²) in [7, 11) is 0. The minimum atomic E-state index is 0.338. The maximum absolute atomic E-state index is 8.90. The van der Waals surface area contributed by atoms with E-state index in [0.717, 1.165) is 39.3 Å². The number of ether oxygens (including phenoxy) is 1. The summed E-state index contributed by atoms with van der Waals surface area (Å²) < 4.78 is 5.26. The van der Waals surface area contributed by atoms with Crippen LogP contribution in [0.5, 0.6) is 0 Å². The molecule has 0 aliphatic carbocycles. The molecule has 1 fully saturated rings. The second-order valence-electron chi connectivity index (χ2n) is 3.33. The largest absolute Gasteiger partial charge is 0.396 e. The van der Waals surface area contributed by atoms with Crippen molar-refractivity contribution < 1.29 is 9.84 Å². The van der Waals surface area contributed by atoms with E-state index in [0.29, 0.717) is 12.5 Å². The fourth-order valence-corrected chi connectivity index (χ4v) is 1.60. The Morgan fingerprint density at radius 2 is 2.42 bits per heavy atom. The summed E-state index contributed by atoms with van der Waals surface area (Å²) in [6, 6.07) is 0. The normalized spacial score (nSPS) is 25.0. The summed E-state index contributed by atoms with van der Waals surface area (Å²) in [4.78, 5) is 2.36. The molecule has 3 nitrogen and oxygen atoms in total. The molecule has 0 amide bonds. The Kier molecular flexibility index (Phi) is 4.58. The second-order valence-corrected chi connectivity index (χ2v) is 3.33. The number of aliphatic hydroxyl groups is 1. The van der Waals surface area contributed by atoms with Crippen molar-refractivity contribution in [1.82, 2.24) is 4.90 Å². The molecular formula is C9H19NO2. The lowest BCUT2D eigenvalue weighted by Crippen LogP contribution is -2.25. The standard InChI is InChI=1S/C9H19NO2/c1-2-12-6-5-10-4-3-9(7-10)8-11/h9,11H,2-8H2,1H3. The molecule has 1 rings (SSSR count). The lowest BCUT2D eigenvalue weighted by molar-refractivity contribution is 0.118. The minimum Gasteiger partial charge on any atom is -0.396 e. The molecule has 0 spiro atoms. The van der Waals surface area contributed by atoms with Gasteiger partial charge in [0, 0.05) is 26.3 Å². The van der Waals surface area contributed by atoms with E-state index in [-0.39, 0.29) is 0 Å². The quantitative estimate of drug-likeness (QED) is 0.608. The molecule has 0 radical (unpaired) electrons. The van der Waals surface area contributed by atoms with Gasteiger partial charge in [0.2, 0.25) is 0 Å². The van der Waals surface area contributed by atoms with Crippen LogP contribution in [0, 0.1) is 5.92 Å². The van der Waals surface area contributed by atoms with Gasteiger partial charge in [-0.1, -0.05) is 0 Å². The van der Waals surface area contributed by atoms with E-state index in [9.17, 15) is 0 Å². The van der Waals surface area contributed by atoms with Crippen LogP contribution in [-0.2, 0) is 4.74 Å². The molecule has 0 aromatic rings. The summed E-state index contributed by atoms with van der Waals surface area (Å²) in [5, 5.41) is 8.90. The maximum Gasteiger partial charge on any atom is 0.0593 e. The van der Waals surface area contributed by atoms with Crippen molar-refractivity contribution in [2.24, 2.45) is 5.92 Å². The highest BCUT2D eigenvalue weighted by molar-refractivity contribution is 4.74. The van der Waals surface area contributed by atoms with Gasteiger partial charge in [0.05, 0.1) is 6.61 Å². The topological polar surface area (TPSA) is 32.7 Å². The first-order chi connectivity index (χ1) is 5.86. The minimum absolute atomic E-state index is 0.338. The van der Waals surface area contributed by atoms with Crippen molar-refractivity contribution in [2.75, 3.05) is 39.5 Å². The van der Waals surface area contributed by atoms with Crippen LogP contribution in [0.3, 0.4) is 0 Å². The molecule has 0 aromatic heterocycles. The van der Waals surface area contributed by atoms with Gasteiger partial charge in [-0.3, -0.25) is 0 Å². The third-order valence-corrected chi connectivity index (χ3v) is 2.38. The fourth-order valence-electron chi connectivity index (χ4n) is 1.60. The average Bonchev–Trinajstić information content (AvgIpc) is 2.53. The molecule has 3 heteroatoms. The summed E-state index contributed by atoms with van der Waals surface area (Å²) in [6.45, 7) is 7.17. The van der Waals surface area contributed by atoms with Crippen LogP contribution in [0.2, 0.25) is 0 Å². The van der Waals surface area contributed by atoms with E-state index in [1.54, 1.807) is 0 Å². The summed E-state index contributed by atoms with van der Waals surface area (Å²) >= 11 is 0. The van der Waals surface area contributed by atoms with Crippen LogP contribution >= 0.6 is 0 Å². The van der Waals surface area contributed by atoms with Crippen LogP contribution in [-0.4, -0.2) is 49.5 Å². The van der Waals surface area contributed by atoms with Crippen molar-refractivity contribution in [3.63, 3.8) is 0 Å². The predicted molar refractivity (Wildman–Crippen MR) is 48.1 cm³/mol. The Bertz CT molecular complexity index is 119. The van der Waals surface area contributed by atoms with Crippen molar-refractivity contribution >= 4 is 0 Å². The molecule has 1 aliphatic heterocycles. The maximum atomic E-state index is 8.90. The van der Waals surface area contributed by atoms with Crippen molar-refractivity contribution in [3.8, 4) is 0 Å². The molecule has 12 heavy (non-hydrogen) atoms. The Hall–Kier alpha value is -0.120. The van der Waals surface area contributed by atoms with Crippen LogP contribution in [0.25, 0.3) is 0 Å². The van der Waals surface area contributed by atoms with Crippen LogP contribution in [0.15, 0.2) is 0 Å². The van der Waals surface area contributed by atoms with Gasteiger partial charge >= 0.3 is 0 Å². The second kappa shape index (κ2) is 5.51. The molecule has 1 unspecified atom stereocenters. The summed E-state index contributed by atoms with van der Waals surface area (Å²) in [5.74, 6) is 0.506. The molecule has 1 atom stereocenters. The first-order valence-corrected chi connectivity index (χ1v) is 4.77. The number of hydrogen-bond acceptors (Lipinski definition) is 3. The van der Waals surface area contributed by atoms with Crippen LogP contribution in [0.1, 0.15) is 13.3 Å². The number of likely N-dealkylation sites (tertiary alicyclic amines) is 1. The summed E-state index contributed by atoms with van der Waals surface area (Å²) in [5.41, 5.74) is 0. The lowest BCUT2D eigenvalue weighted by Gasteiger charge is -2.14. The van der Waals surface area contributed by atoms with E-state index in [1.165, 1.54) is 0 Å². The zero-order chi connectivity index (χ0) is 8.81. The van der Waals surface area contributed by atoms with E-state index >= 15 is 0 Å². The molecule has 0 saturated carbocycles. The number of hydrogen-bond donors (Lipinski definition) is 1. The monoisotopic (exact) mass is 173 g/mol. The average molecular weight is 173 g/mol. The number of aliphatic hydroxyl groups excluding tert-OH is 1. The Balaban J connectivity index is 2.03. The highest BCUT2D eigenvalue weighted by atomic mass is 16.5. The highest BCUT2D eigenvalue weighted by Crippen LogP contribution is 2.14. The molecule has 1 heterocycles. The first-order valence-electron chi connectivity index (χ1n) is 4.77. The van der Waals surface area contributed by atoms with Gasteiger partial charge in [-0.25, -0.2) is 0 Å². The van der Waals surface area contributed by atoms with Crippen molar-refractivity contribution in [1.29, 1.82) is 0 Å². The number of rotatable bonds is 5. The molecular weight excluding hydrogens is 154 g/mol. The Labute approximate surface area is 74.3 Å². The molecule has 1 aliphatic rings.